The Morgan fingerprint density at radius 1 is 1.31 bits per heavy atom. The standard InChI is InChI=1S/C20H30ClN3O2/c1-6-24(7-2)18-10-15(21)9-16(14(18)5)19(25)22-11-17-12(3)8-13(4)23-20(17)26/h9-10,12-13,17H,6-8,11H2,1-5H3,(H,22,25)(H,23,26). The zero-order chi connectivity index (χ0) is 19.4. The number of amides is 2. The number of carbonyl (C=O) groups excluding carboxylic acids is 2. The minimum absolute atomic E-state index is 0.0168. The molecule has 1 aliphatic heterocycles. The number of hydrogen-bond donors (Lipinski definition) is 2. The lowest BCUT2D eigenvalue weighted by Crippen LogP contribution is -2.50. The third-order valence-corrected chi connectivity index (χ3v) is 5.53. The molecule has 144 valence electrons. The van der Waals surface area contributed by atoms with E-state index in [1.165, 1.54) is 0 Å². The van der Waals surface area contributed by atoms with Crippen molar-refractivity contribution in [2.75, 3.05) is 24.5 Å². The average molecular weight is 380 g/mol. The third-order valence-electron chi connectivity index (χ3n) is 5.31. The molecule has 5 nitrogen and oxygen atoms in total. The van der Waals surface area contributed by atoms with Gasteiger partial charge in [-0.1, -0.05) is 18.5 Å². The number of benzene rings is 1. The first-order valence-corrected chi connectivity index (χ1v) is 9.79. The Morgan fingerprint density at radius 2 is 1.96 bits per heavy atom. The summed E-state index contributed by atoms with van der Waals surface area (Å²) in [4.78, 5) is 27.2. The predicted molar refractivity (Wildman–Crippen MR) is 107 cm³/mol. The van der Waals surface area contributed by atoms with Gasteiger partial charge in [0.15, 0.2) is 0 Å². The third kappa shape index (κ3) is 4.50. The van der Waals surface area contributed by atoms with Crippen LogP contribution in [0.4, 0.5) is 5.69 Å². The molecule has 2 rings (SSSR count). The van der Waals surface area contributed by atoms with Crippen LogP contribution in [0.2, 0.25) is 5.02 Å². The van der Waals surface area contributed by atoms with E-state index in [9.17, 15) is 9.59 Å². The van der Waals surface area contributed by atoms with Crippen LogP contribution in [0.1, 0.15) is 50.0 Å². The number of carbonyl (C=O) groups is 2. The Morgan fingerprint density at radius 3 is 2.54 bits per heavy atom. The van der Waals surface area contributed by atoms with Gasteiger partial charge < -0.3 is 15.5 Å². The van der Waals surface area contributed by atoms with Crippen molar-refractivity contribution in [1.82, 2.24) is 10.6 Å². The molecule has 2 amide bonds. The van der Waals surface area contributed by atoms with Crippen LogP contribution >= 0.6 is 11.6 Å². The maximum absolute atomic E-state index is 12.8. The highest BCUT2D eigenvalue weighted by Gasteiger charge is 2.32. The molecule has 0 spiro atoms. The van der Waals surface area contributed by atoms with Crippen molar-refractivity contribution < 1.29 is 9.59 Å². The average Bonchev–Trinajstić information content (AvgIpc) is 2.57. The van der Waals surface area contributed by atoms with Gasteiger partial charge in [-0.05, 0) is 57.7 Å². The lowest BCUT2D eigenvalue weighted by Gasteiger charge is -2.32. The molecular weight excluding hydrogens is 350 g/mol. The largest absolute Gasteiger partial charge is 0.372 e. The SMILES string of the molecule is CCN(CC)c1cc(Cl)cc(C(=O)NCC2C(=O)NC(C)CC2C)c1C. The number of hydrogen-bond acceptors (Lipinski definition) is 3. The highest BCUT2D eigenvalue weighted by Crippen LogP contribution is 2.28. The topological polar surface area (TPSA) is 61.4 Å². The maximum atomic E-state index is 12.8. The molecule has 1 heterocycles. The van der Waals surface area contributed by atoms with Crippen LogP contribution in [0.15, 0.2) is 12.1 Å². The van der Waals surface area contributed by atoms with Gasteiger partial charge in [0.2, 0.25) is 5.91 Å². The van der Waals surface area contributed by atoms with Crippen LogP contribution in [0.5, 0.6) is 0 Å². The molecule has 0 radical (unpaired) electrons. The van der Waals surface area contributed by atoms with E-state index >= 15 is 0 Å². The van der Waals surface area contributed by atoms with Crippen LogP contribution in [-0.4, -0.2) is 37.5 Å². The van der Waals surface area contributed by atoms with Crippen molar-refractivity contribution in [1.29, 1.82) is 0 Å². The van der Waals surface area contributed by atoms with Crippen molar-refractivity contribution >= 4 is 29.1 Å². The van der Waals surface area contributed by atoms with Gasteiger partial charge in [0, 0.05) is 41.9 Å². The van der Waals surface area contributed by atoms with Crippen molar-refractivity contribution in [3.8, 4) is 0 Å². The normalized spacial score (nSPS) is 22.7. The fourth-order valence-corrected chi connectivity index (χ4v) is 3.99. The van der Waals surface area contributed by atoms with E-state index in [1.54, 1.807) is 6.07 Å². The monoisotopic (exact) mass is 379 g/mol. The van der Waals surface area contributed by atoms with E-state index in [2.05, 4.69) is 36.3 Å². The summed E-state index contributed by atoms with van der Waals surface area (Å²) in [5.74, 6) is -0.122. The van der Waals surface area contributed by atoms with E-state index in [0.717, 1.165) is 30.8 Å². The summed E-state index contributed by atoms with van der Waals surface area (Å²) in [5, 5.41) is 6.44. The number of halogens is 1. The molecule has 1 aromatic carbocycles. The summed E-state index contributed by atoms with van der Waals surface area (Å²) < 4.78 is 0. The number of anilines is 1. The van der Waals surface area contributed by atoms with Crippen molar-refractivity contribution in [2.24, 2.45) is 11.8 Å². The summed E-state index contributed by atoms with van der Waals surface area (Å²) in [6, 6.07) is 3.79. The zero-order valence-corrected chi connectivity index (χ0v) is 17.1. The Hall–Kier alpha value is -1.75. The highest BCUT2D eigenvalue weighted by molar-refractivity contribution is 6.31. The van der Waals surface area contributed by atoms with E-state index < -0.39 is 0 Å². The van der Waals surface area contributed by atoms with Crippen molar-refractivity contribution in [3.63, 3.8) is 0 Å². The van der Waals surface area contributed by atoms with Crippen LogP contribution in [-0.2, 0) is 4.79 Å². The summed E-state index contributed by atoms with van der Waals surface area (Å²) >= 11 is 6.26. The van der Waals surface area contributed by atoms with Crippen molar-refractivity contribution in [3.05, 3.63) is 28.3 Å². The molecule has 1 aromatic rings. The molecule has 2 N–H and O–H groups in total. The first-order chi connectivity index (χ1) is 12.3. The molecule has 3 unspecified atom stereocenters. The summed E-state index contributed by atoms with van der Waals surface area (Å²) in [6.07, 6.45) is 0.925. The molecule has 3 atom stereocenters. The fraction of sp³-hybridized carbons (Fsp3) is 0.600. The molecule has 6 heteroatoms. The molecule has 1 fully saturated rings. The smallest absolute Gasteiger partial charge is 0.251 e. The minimum Gasteiger partial charge on any atom is -0.372 e. The molecular formula is C20H30ClN3O2. The highest BCUT2D eigenvalue weighted by atomic mass is 35.5. The van der Waals surface area contributed by atoms with Gasteiger partial charge in [-0.25, -0.2) is 0 Å². The quantitative estimate of drug-likeness (QED) is 0.796. The first kappa shape index (κ1) is 20.6. The lowest BCUT2D eigenvalue weighted by molar-refractivity contribution is -0.129. The van der Waals surface area contributed by atoms with E-state index in [4.69, 9.17) is 11.6 Å². The number of nitrogens with zero attached hydrogens (tertiary/aromatic N) is 1. The zero-order valence-electron chi connectivity index (χ0n) is 16.4. The molecule has 0 bridgehead atoms. The Balaban J connectivity index is 2.16. The van der Waals surface area contributed by atoms with Gasteiger partial charge in [-0.3, -0.25) is 9.59 Å². The van der Waals surface area contributed by atoms with Gasteiger partial charge in [0.1, 0.15) is 0 Å². The van der Waals surface area contributed by atoms with Crippen LogP contribution in [0.3, 0.4) is 0 Å². The van der Waals surface area contributed by atoms with Gasteiger partial charge in [-0.2, -0.15) is 0 Å². The van der Waals surface area contributed by atoms with Crippen LogP contribution in [0, 0.1) is 18.8 Å². The van der Waals surface area contributed by atoms with Crippen LogP contribution in [0.25, 0.3) is 0 Å². The van der Waals surface area contributed by atoms with Crippen molar-refractivity contribution in [2.45, 2.75) is 47.1 Å². The Bertz CT molecular complexity index is 673. The van der Waals surface area contributed by atoms with Gasteiger partial charge in [-0.15, -0.1) is 0 Å². The minimum atomic E-state index is -0.197. The maximum Gasteiger partial charge on any atom is 0.251 e. The Kier molecular flexibility index (Phi) is 6.93. The van der Waals surface area contributed by atoms with Gasteiger partial charge >= 0.3 is 0 Å². The van der Waals surface area contributed by atoms with E-state index in [1.807, 2.05) is 19.9 Å². The second kappa shape index (κ2) is 8.76. The van der Waals surface area contributed by atoms with E-state index in [-0.39, 0.29) is 29.7 Å². The summed E-state index contributed by atoms with van der Waals surface area (Å²) in [5.41, 5.74) is 2.45. The van der Waals surface area contributed by atoms with Crippen LogP contribution < -0.4 is 15.5 Å². The molecule has 1 saturated heterocycles. The molecule has 1 aliphatic rings. The summed E-state index contributed by atoms with van der Waals surface area (Å²) in [7, 11) is 0. The van der Waals surface area contributed by atoms with Gasteiger partial charge in [0.05, 0.1) is 5.92 Å². The van der Waals surface area contributed by atoms with Gasteiger partial charge in [0.25, 0.3) is 5.91 Å². The molecule has 0 aliphatic carbocycles. The number of rotatable bonds is 6. The molecule has 26 heavy (non-hydrogen) atoms. The number of nitrogens with one attached hydrogen (secondary N) is 2. The fourth-order valence-electron chi connectivity index (χ4n) is 3.77. The summed E-state index contributed by atoms with van der Waals surface area (Å²) in [6.45, 7) is 12.2. The first-order valence-electron chi connectivity index (χ1n) is 9.42. The molecule has 0 aromatic heterocycles. The number of piperidine rings is 1. The molecule has 0 saturated carbocycles. The second-order valence-electron chi connectivity index (χ2n) is 7.21. The predicted octanol–water partition coefficient (Wildman–Crippen LogP) is 3.39. The van der Waals surface area contributed by atoms with E-state index in [0.29, 0.717) is 17.1 Å². The lowest BCUT2D eigenvalue weighted by atomic mass is 9.84. The second-order valence-corrected chi connectivity index (χ2v) is 7.65. The Labute approximate surface area is 161 Å².